The molecule has 1 rings (SSSR count). The highest BCUT2D eigenvalue weighted by atomic mass is 35.5. The molecular weight excluding hydrogens is 254 g/mol. The minimum absolute atomic E-state index is 0.408. The van der Waals surface area contributed by atoms with Crippen molar-refractivity contribution < 1.29 is 0 Å². The van der Waals surface area contributed by atoms with Crippen molar-refractivity contribution in [2.24, 2.45) is 10.7 Å². The largest absolute Gasteiger partial charge is 0.387 e. The van der Waals surface area contributed by atoms with Crippen molar-refractivity contribution >= 4 is 46.7 Å². The first-order chi connectivity index (χ1) is 7.02. The highest BCUT2D eigenvalue weighted by Gasteiger charge is 2.05. The molecule has 0 saturated carbocycles. The molecule has 0 bridgehead atoms. The van der Waals surface area contributed by atoms with Gasteiger partial charge in [-0.05, 0) is 25.1 Å². The van der Waals surface area contributed by atoms with Crippen molar-refractivity contribution in [3.05, 3.63) is 39.0 Å². The van der Waals surface area contributed by atoms with Gasteiger partial charge in [0.25, 0.3) is 0 Å². The Kier molecular flexibility index (Phi) is 4.45. The van der Waals surface area contributed by atoms with Crippen LogP contribution in [-0.4, -0.2) is 5.84 Å². The predicted octanol–water partition coefficient (Wildman–Crippen LogP) is 3.99. The Bertz CT molecular complexity index is 421. The number of nitrogens with zero attached hydrogens (tertiary/aromatic N) is 1. The van der Waals surface area contributed by atoms with E-state index in [1.807, 2.05) is 0 Å². The molecule has 0 radical (unpaired) electrons. The summed E-state index contributed by atoms with van der Waals surface area (Å²) in [5.41, 5.74) is 6.00. The zero-order chi connectivity index (χ0) is 11.4. The van der Waals surface area contributed by atoms with Crippen LogP contribution < -0.4 is 5.73 Å². The molecular formula is C10H9Cl3N2. The first kappa shape index (κ1) is 12.4. The molecule has 0 unspecified atom stereocenters. The van der Waals surface area contributed by atoms with Gasteiger partial charge >= 0.3 is 0 Å². The Hall–Kier alpha value is -0.700. The molecule has 0 aliphatic carbocycles. The monoisotopic (exact) mass is 262 g/mol. The second-order valence-electron chi connectivity index (χ2n) is 2.84. The van der Waals surface area contributed by atoms with Crippen LogP contribution in [0.15, 0.2) is 23.3 Å². The predicted molar refractivity (Wildman–Crippen MR) is 67.8 cm³/mol. The van der Waals surface area contributed by atoms with Crippen LogP contribution in [0.1, 0.15) is 12.5 Å². The second-order valence-corrected chi connectivity index (χ2v) is 4.04. The molecule has 0 amide bonds. The molecule has 1 aromatic carbocycles. The minimum atomic E-state index is 0.408. The smallest absolute Gasteiger partial charge is 0.0957 e. The summed E-state index contributed by atoms with van der Waals surface area (Å²) in [6, 6.07) is 3.31. The summed E-state index contributed by atoms with van der Waals surface area (Å²) in [7, 11) is 0. The number of halogens is 3. The van der Waals surface area contributed by atoms with Crippen LogP contribution in [0.4, 0.5) is 0 Å². The van der Waals surface area contributed by atoms with Crippen LogP contribution in [0.5, 0.6) is 0 Å². The lowest BCUT2D eigenvalue weighted by Crippen LogP contribution is -2.03. The summed E-state index contributed by atoms with van der Waals surface area (Å²) < 4.78 is 0. The van der Waals surface area contributed by atoms with E-state index in [2.05, 4.69) is 4.99 Å². The summed E-state index contributed by atoms with van der Waals surface area (Å²) >= 11 is 17.8. The van der Waals surface area contributed by atoms with E-state index >= 15 is 0 Å². The van der Waals surface area contributed by atoms with Gasteiger partial charge in [-0.1, -0.05) is 34.8 Å². The average molecular weight is 264 g/mol. The van der Waals surface area contributed by atoms with Crippen LogP contribution in [0, 0.1) is 0 Å². The van der Waals surface area contributed by atoms with Gasteiger partial charge in [0.05, 0.1) is 15.9 Å². The van der Waals surface area contributed by atoms with E-state index in [0.717, 1.165) is 0 Å². The number of hydrogen-bond donors (Lipinski definition) is 1. The summed E-state index contributed by atoms with van der Waals surface area (Å²) in [5, 5.41) is 1.38. The zero-order valence-electron chi connectivity index (χ0n) is 7.97. The van der Waals surface area contributed by atoms with E-state index in [9.17, 15) is 0 Å². The summed E-state index contributed by atoms with van der Waals surface area (Å²) in [6.07, 6.45) is 3.19. The Labute approximate surface area is 103 Å². The van der Waals surface area contributed by atoms with Crippen molar-refractivity contribution in [3.8, 4) is 0 Å². The van der Waals surface area contributed by atoms with Crippen molar-refractivity contribution in [2.45, 2.75) is 6.92 Å². The lowest BCUT2D eigenvalue weighted by atomic mass is 10.2. The molecule has 1 aromatic rings. The molecule has 0 aromatic heterocycles. The van der Waals surface area contributed by atoms with Gasteiger partial charge in [-0.15, -0.1) is 0 Å². The molecule has 2 N–H and O–H groups in total. The van der Waals surface area contributed by atoms with E-state index in [1.165, 1.54) is 6.20 Å². The molecule has 0 atom stereocenters. The van der Waals surface area contributed by atoms with Crippen molar-refractivity contribution in [1.29, 1.82) is 0 Å². The topological polar surface area (TPSA) is 38.4 Å². The third-order valence-electron chi connectivity index (χ3n) is 1.60. The van der Waals surface area contributed by atoms with Gasteiger partial charge in [0.1, 0.15) is 0 Å². The van der Waals surface area contributed by atoms with E-state index in [-0.39, 0.29) is 0 Å². The lowest BCUT2D eigenvalue weighted by Gasteiger charge is -2.02. The van der Waals surface area contributed by atoms with Crippen molar-refractivity contribution in [2.75, 3.05) is 0 Å². The molecule has 0 aliphatic rings. The van der Waals surface area contributed by atoms with Crippen LogP contribution >= 0.6 is 34.8 Å². The van der Waals surface area contributed by atoms with Gasteiger partial charge in [-0.2, -0.15) is 0 Å². The van der Waals surface area contributed by atoms with Crippen molar-refractivity contribution in [1.82, 2.24) is 0 Å². The normalized spacial score (nSPS) is 12.4. The van der Waals surface area contributed by atoms with Gasteiger partial charge in [-0.3, -0.25) is 0 Å². The Balaban J connectivity index is 3.09. The standard InChI is InChI=1S/C10H9Cl3N2/c1-6(14)15-5-4-7-8(11)2-3-9(12)10(7)13/h2-5H,1H3,(H2,14,15). The zero-order valence-corrected chi connectivity index (χ0v) is 10.2. The Morgan fingerprint density at radius 3 is 2.47 bits per heavy atom. The van der Waals surface area contributed by atoms with Crippen LogP contribution in [0.3, 0.4) is 0 Å². The van der Waals surface area contributed by atoms with Gasteiger partial charge < -0.3 is 5.73 Å². The lowest BCUT2D eigenvalue weighted by molar-refractivity contribution is 1.48. The number of nitrogens with two attached hydrogens (primary N) is 1. The maximum atomic E-state index is 5.97. The fraction of sp³-hybridized carbons (Fsp3) is 0.100. The molecule has 5 heteroatoms. The number of aliphatic imine (C=N–C) groups is 1. The van der Waals surface area contributed by atoms with E-state index in [1.54, 1.807) is 25.1 Å². The van der Waals surface area contributed by atoms with Gasteiger partial charge in [0, 0.05) is 16.8 Å². The summed E-state index contributed by atoms with van der Waals surface area (Å²) in [5.74, 6) is 0.459. The average Bonchev–Trinajstić information content (AvgIpc) is 2.17. The summed E-state index contributed by atoms with van der Waals surface area (Å²) in [4.78, 5) is 3.89. The molecule has 0 aliphatic heterocycles. The molecule has 0 fully saturated rings. The summed E-state index contributed by atoms with van der Waals surface area (Å²) in [6.45, 7) is 1.69. The third-order valence-corrected chi connectivity index (χ3v) is 2.75. The molecule has 2 nitrogen and oxygen atoms in total. The van der Waals surface area contributed by atoms with Crippen molar-refractivity contribution in [3.63, 3.8) is 0 Å². The van der Waals surface area contributed by atoms with Gasteiger partial charge in [0.2, 0.25) is 0 Å². The number of hydrogen-bond acceptors (Lipinski definition) is 1. The van der Waals surface area contributed by atoms with Crippen LogP contribution in [0.2, 0.25) is 15.1 Å². The molecule has 0 spiro atoms. The van der Waals surface area contributed by atoms with E-state index < -0.39 is 0 Å². The fourth-order valence-corrected chi connectivity index (χ4v) is 1.59. The van der Waals surface area contributed by atoms with E-state index in [4.69, 9.17) is 40.5 Å². The minimum Gasteiger partial charge on any atom is -0.387 e. The maximum absolute atomic E-state index is 5.97. The van der Waals surface area contributed by atoms with Crippen LogP contribution in [0.25, 0.3) is 6.08 Å². The fourth-order valence-electron chi connectivity index (χ4n) is 0.925. The molecule has 15 heavy (non-hydrogen) atoms. The molecule has 80 valence electrons. The number of rotatable bonds is 2. The SMILES string of the molecule is CC(N)=NC=Cc1c(Cl)ccc(Cl)c1Cl. The maximum Gasteiger partial charge on any atom is 0.0957 e. The Morgan fingerprint density at radius 2 is 1.87 bits per heavy atom. The quantitative estimate of drug-likeness (QED) is 0.489. The first-order valence-electron chi connectivity index (χ1n) is 4.12. The highest BCUT2D eigenvalue weighted by molar-refractivity contribution is 6.44. The number of amidine groups is 1. The van der Waals surface area contributed by atoms with E-state index in [0.29, 0.717) is 26.5 Å². The van der Waals surface area contributed by atoms with Gasteiger partial charge in [-0.25, -0.2) is 4.99 Å². The molecule has 0 heterocycles. The first-order valence-corrected chi connectivity index (χ1v) is 5.25. The molecule has 0 saturated heterocycles. The number of benzene rings is 1. The second kappa shape index (κ2) is 5.40. The van der Waals surface area contributed by atoms with Crippen LogP contribution in [-0.2, 0) is 0 Å². The third kappa shape index (κ3) is 3.42. The van der Waals surface area contributed by atoms with Gasteiger partial charge in [0.15, 0.2) is 0 Å². The highest BCUT2D eigenvalue weighted by Crippen LogP contribution is 2.32. The Morgan fingerprint density at radius 1 is 1.27 bits per heavy atom.